The minimum Gasteiger partial charge on any atom is -0.378 e. The molecule has 3 atom stereocenters. The van der Waals surface area contributed by atoms with Crippen LogP contribution in [0.5, 0.6) is 0 Å². The SMILES string of the molecule is CO[C@@]1(C)C[C@]2(C)C=C(Cc3ccccc3)[C@H]1C=C2c1ccccc1. The molecule has 3 aliphatic rings. The summed E-state index contributed by atoms with van der Waals surface area (Å²) in [4.78, 5) is 0. The third-order valence-electron chi connectivity index (χ3n) is 6.03. The minimum absolute atomic E-state index is 0.0188. The molecule has 0 amide bonds. The Labute approximate surface area is 151 Å². The monoisotopic (exact) mass is 330 g/mol. The maximum absolute atomic E-state index is 6.04. The van der Waals surface area contributed by atoms with Crippen molar-refractivity contribution in [1.82, 2.24) is 0 Å². The number of fused-ring (bicyclic) bond motifs is 1. The summed E-state index contributed by atoms with van der Waals surface area (Å²) in [5.41, 5.74) is 5.53. The molecule has 0 spiro atoms. The number of rotatable bonds is 4. The predicted octanol–water partition coefficient (Wildman–Crippen LogP) is 5.68. The second-order valence-electron chi connectivity index (χ2n) is 7.92. The van der Waals surface area contributed by atoms with Gasteiger partial charge in [-0.3, -0.25) is 0 Å². The summed E-state index contributed by atoms with van der Waals surface area (Å²) in [7, 11) is 1.86. The predicted molar refractivity (Wildman–Crippen MR) is 104 cm³/mol. The van der Waals surface area contributed by atoms with Crippen molar-refractivity contribution in [3.05, 3.63) is 89.5 Å². The number of benzene rings is 2. The highest BCUT2D eigenvalue weighted by Gasteiger charge is 2.51. The summed E-state index contributed by atoms with van der Waals surface area (Å²) in [6, 6.07) is 21.6. The molecule has 0 fully saturated rings. The molecule has 0 heterocycles. The van der Waals surface area contributed by atoms with E-state index in [2.05, 4.69) is 86.7 Å². The van der Waals surface area contributed by atoms with Crippen molar-refractivity contribution >= 4 is 5.57 Å². The minimum atomic E-state index is -0.133. The van der Waals surface area contributed by atoms with Crippen LogP contribution in [0.2, 0.25) is 0 Å². The van der Waals surface area contributed by atoms with Crippen molar-refractivity contribution in [2.75, 3.05) is 7.11 Å². The molecule has 1 nitrogen and oxygen atoms in total. The number of hydrogen-bond acceptors (Lipinski definition) is 1. The van der Waals surface area contributed by atoms with Crippen LogP contribution in [0.3, 0.4) is 0 Å². The van der Waals surface area contributed by atoms with Gasteiger partial charge >= 0.3 is 0 Å². The molecular formula is C24H26O. The van der Waals surface area contributed by atoms with Gasteiger partial charge in [-0.2, -0.15) is 0 Å². The van der Waals surface area contributed by atoms with Crippen molar-refractivity contribution in [3.8, 4) is 0 Å². The Balaban J connectivity index is 1.76. The second kappa shape index (κ2) is 6.00. The molecule has 3 aliphatic carbocycles. The highest BCUT2D eigenvalue weighted by molar-refractivity contribution is 5.76. The van der Waals surface area contributed by atoms with Crippen molar-refractivity contribution in [3.63, 3.8) is 0 Å². The zero-order valence-corrected chi connectivity index (χ0v) is 15.3. The van der Waals surface area contributed by atoms with Gasteiger partial charge in [0.15, 0.2) is 0 Å². The Bertz CT molecular complexity index is 818. The van der Waals surface area contributed by atoms with Crippen LogP contribution in [0.25, 0.3) is 5.57 Å². The highest BCUT2D eigenvalue weighted by atomic mass is 16.5. The van der Waals surface area contributed by atoms with Gasteiger partial charge in [0, 0.05) is 18.4 Å². The summed E-state index contributed by atoms with van der Waals surface area (Å²) >= 11 is 0. The molecule has 0 saturated heterocycles. The fraction of sp³-hybridized carbons (Fsp3) is 0.333. The Morgan fingerprint density at radius 2 is 1.60 bits per heavy atom. The lowest BCUT2D eigenvalue weighted by Crippen LogP contribution is -2.49. The van der Waals surface area contributed by atoms with E-state index < -0.39 is 0 Å². The Morgan fingerprint density at radius 3 is 2.20 bits per heavy atom. The van der Waals surface area contributed by atoms with Crippen LogP contribution < -0.4 is 0 Å². The van der Waals surface area contributed by atoms with Crippen LogP contribution in [0.1, 0.15) is 31.4 Å². The van der Waals surface area contributed by atoms with E-state index in [4.69, 9.17) is 4.74 Å². The molecule has 0 radical (unpaired) electrons. The summed E-state index contributed by atoms with van der Waals surface area (Å²) < 4.78 is 6.04. The van der Waals surface area contributed by atoms with E-state index in [1.165, 1.54) is 22.3 Å². The molecule has 0 unspecified atom stereocenters. The molecule has 128 valence electrons. The van der Waals surface area contributed by atoms with E-state index >= 15 is 0 Å². The van der Waals surface area contributed by atoms with Crippen molar-refractivity contribution in [1.29, 1.82) is 0 Å². The average Bonchev–Trinajstić information content (AvgIpc) is 2.62. The van der Waals surface area contributed by atoms with Crippen molar-refractivity contribution < 1.29 is 4.74 Å². The zero-order chi connectivity index (χ0) is 17.5. The van der Waals surface area contributed by atoms with E-state index in [9.17, 15) is 0 Å². The molecule has 0 aromatic heterocycles. The first-order valence-corrected chi connectivity index (χ1v) is 9.12. The number of methoxy groups -OCH3 is 1. The van der Waals surface area contributed by atoms with Crippen molar-refractivity contribution in [2.24, 2.45) is 11.3 Å². The third kappa shape index (κ3) is 2.77. The van der Waals surface area contributed by atoms with Crippen LogP contribution in [-0.4, -0.2) is 12.7 Å². The first kappa shape index (κ1) is 16.4. The second-order valence-corrected chi connectivity index (χ2v) is 7.92. The molecular weight excluding hydrogens is 304 g/mol. The van der Waals surface area contributed by atoms with Crippen molar-refractivity contribution in [2.45, 2.75) is 32.3 Å². The van der Waals surface area contributed by atoms with Gasteiger partial charge in [0.2, 0.25) is 0 Å². The average molecular weight is 330 g/mol. The molecule has 2 bridgehead atoms. The number of ether oxygens (including phenoxy) is 1. The van der Waals surface area contributed by atoms with E-state index in [1.807, 2.05) is 7.11 Å². The standard InChI is InChI=1S/C24H26O/c1-23-16-20(14-18-10-6-4-7-11-18)22(24(2,17-23)25-3)15-21(23)19-12-8-5-9-13-19/h4-13,15-16,22H,14,17H2,1-3H3/t22-,23+,24+/m1/s1. The summed E-state index contributed by atoms with van der Waals surface area (Å²) in [6.07, 6.45) is 7.02. The molecule has 0 aliphatic heterocycles. The lowest BCUT2D eigenvalue weighted by Gasteiger charge is -2.52. The van der Waals surface area contributed by atoms with Crippen LogP contribution >= 0.6 is 0 Å². The molecule has 2 aromatic carbocycles. The molecule has 0 N–H and O–H groups in total. The molecule has 1 heteroatoms. The van der Waals surface area contributed by atoms with Gasteiger partial charge in [0.25, 0.3) is 0 Å². The fourth-order valence-corrected chi connectivity index (χ4v) is 4.83. The van der Waals surface area contributed by atoms with E-state index in [-0.39, 0.29) is 11.0 Å². The van der Waals surface area contributed by atoms with Gasteiger partial charge in [-0.25, -0.2) is 0 Å². The summed E-state index contributed by atoms with van der Waals surface area (Å²) in [6.45, 7) is 4.63. The Hall–Kier alpha value is -2.12. The fourth-order valence-electron chi connectivity index (χ4n) is 4.83. The summed E-state index contributed by atoms with van der Waals surface area (Å²) in [5.74, 6) is 0.328. The van der Waals surface area contributed by atoms with E-state index in [0.29, 0.717) is 5.92 Å². The van der Waals surface area contributed by atoms with Crippen LogP contribution in [0.4, 0.5) is 0 Å². The highest BCUT2D eigenvalue weighted by Crippen LogP contribution is 2.57. The van der Waals surface area contributed by atoms with Gasteiger partial charge in [0.05, 0.1) is 5.60 Å². The normalized spacial score (nSPS) is 30.8. The summed E-state index contributed by atoms with van der Waals surface area (Å²) in [5, 5.41) is 0. The van der Waals surface area contributed by atoms with Gasteiger partial charge < -0.3 is 4.74 Å². The molecule has 2 aromatic rings. The molecule has 5 rings (SSSR count). The van der Waals surface area contributed by atoms with Gasteiger partial charge in [-0.1, -0.05) is 85.3 Å². The first-order valence-electron chi connectivity index (χ1n) is 9.12. The Kier molecular flexibility index (Phi) is 3.92. The van der Waals surface area contributed by atoms with Gasteiger partial charge in [-0.05, 0) is 36.5 Å². The van der Waals surface area contributed by atoms with Gasteiger partial charge in [0.1, 0.15) is 0 Å². The van der Waals surface area contributed by atoms with Gasteiger partial charge in [-0.15, -0.1) is 0 Å². The lowest BCUT2D eigenvalue weighted by atomic mass is 9.55. The van der Waals surface area contributed by atoms with Crippen LogP contribution in [-0.2, 0) is 11.2 Å². The third-order valence-corrected chi connectivity index (χ3v) is 6.03. The van der Waals surface area contributed by atoms with Crippen LogP contribution in [0.15, 0.2) is 78.4 Å². The first-order chi connectivity index (χ1) is 12.0. The number of allylic oxidation sites excluding steroid dienone is 2. The number of hydrogen-bond donors (Lipinski definition) is 0. The largest absolute Gasteiger partial charge is 0.378 e. The van der Waals surface area contributed by atoms with E-state index in [0.717, 1.165) is 12.8 Å². The smallest absolute Gasteiger partial charge is 0.0761 e. The van der Waals surface area contributed by atoms with Crippen LogP contribution in [0, 0.1) is 11.3 Å². The maximum atomic E-state index is 6.04. The molecule has 0 saturated carbocycles. The van der Waals surface area contributed by atoms with E-state index in [1.54, 1.807) is 0 Å². The Morgan fingerprint density at radius 1 is 0.960 bits per heavy atom. The maximum Gasteiger partial charge on any atom is 0.0761 e. The quantitative estimate of drug-likeness (QED) is 0.655. The topological polar surface area (TPSA) is 9.23 Å². The zero-order valence-electron chi connectivity index (χ0n) is 15.3. The molecule has 25 heavy (non-hydrogen) atoms. The lowest BCUT2D eigenvalue weighted by molar-refractivity contribution is -0.0506.